The Bertz CT molecular complexity index is 1920. The van der Waals surface area contributed by atoms with Crippen molar-refractivity contribution < 1.29 is 0 Å². The number of benzene rings is 6. The molecular weight excluding hydrogens is 471 g/mol. The van der Waals surface area contributed by atoms with Crippen LogP contribution >= 0.6 is 0 Å². The second-order valence-electron chi connectivity index (χ2n) is 10.2. The summed E-state index contributed by atoms with van der Waals surface area (Å²) in [5, 5.41) is 2.60. The Labute approximate surface area is 228 Å². The average Bonchev–Trinajstić information content (AvgIpc) is 3.35. The Morgan fingerprint density at radius 3 is 1.79 bits per heavy atom. The van der Waals surface area contributed by atoms with Gasteiger partial charge in [-0.3, -0.25) is 0 Å². The fourth-order valence-electron chi connectivity index (χ4n) is 6.41. The maximum Gasteiger partial charge on any atom is 0.246 e. The van der Waals surface area contributed by atoms with Crippen LogP contribution in [0.4, 0.5) is 17.1 Å². The molecule has 2 heterocycles. The molecule has 1 aliphatic rings. The summed E-state index contributed by atoms with van der Waals surface area (Å²) in [5.74, 6) is 0. The monoisotopic (exact) mass is 496 g/mol. The van der Waals surface area contributed by atoms with E-state index in [4.69, 9.17) is 0 Å². The van der Waals surface area contributed by atoms with Gasteiger partial charge in [-0.15, -0.1) is 0 Å². The lowest BCUT2D eigenvalue weighted by molar-refractivity contribution is 1.18. The van der Waals surface area contributed by atoms with Crippen LogP contribution in [-0.4, -0.2) is 11.3 Å². The molecule has 0 bridgehead atoms. The summed E-state index contributed by atoms with van der Waals surface area (Å²) >= 11 is 0. The molecule has 0 unspecified atom stereocenters. The van der Waals surface area contributed by atoms with Gasteiger partial charge < -0.3 is 9.47 Å². The van der Waals surface area contributed by atoms with E-state index in [2.05, 4.69) is 161 Å². The maximum atomic E-state index is 2.49. The normalized spacial score (nSPS) is 12.1. The van der Waals surface area contributed by atoms with Crippen LogP contribution in [0.25, 0.3) is 27.5 Å². The minimum Gasteiger partial charge on any atom is -0.310 e. The van der Waals surface area contributed by atoms with Crippen LogP contribution < -0.4 is 21.3 Å². The number of para-hydroxylation sites is 4. The molecule has 1 aromatic heterocycles. The summed E-state index contributed by atoms with van der Waals surface area (Å²) in [4.78, 5) is 2.35. The van der Waals surface area contributed by atoms with Gasteiger partial charge in [-0.2, -0.15) is 0 Å². The molecule has 6 aromatic carbocycles. The maximum absolute atomic E-state index is 2.49. The Morgan fingerprint density at radius 2 is 1.08 bits per heavy atom. The van der Waals surface area contributed by atoms with Crippen molar-refractivity contribution in [2.75, 3.05) is 4.90 Å². The minimum absolute atomic E-state index is 0.165. The molecule has 8 rings (SSSR count). The zero-order valence-electron chi connectivity index (χ0n) is 21.4. The largest absolute Gasteiger partial charge is 0.310 e. The van der Waals surface area contributed by atoms with E-state index in [1.807, 2.05) is 0 Å². The molecule has 3 heteroatoms. The molecule has 0 spiro atoms. The van der Waals surface area contributed by atoms with Crippen LogP contribution in [0.5, 0.6) is 0 Å². The van der Waals surface area contributed by atoms with Crippen LogP contribution in [-0.2, 0) is 0 Å². The molecule has 0 saturated heterocycles. The van der Waals surface area contributed by atoms with E-state index in [-0.39, 0.29) is 6.71 Å². The van der Waals surface area contributed by atoms with E-state index in [1.165, 1.54) is 43.9 Å². The van der Waals surface area contributed by atoms with E-state index in [9.17, 15) is 0 Å². The number of rotatable bonds is 4. The Morgan fingerprint density at radius 1 is 0.462 bits per heavy atom. The summed E-state index contributed by atoms with van der Waals surface area (Å²) < 4.78 is 2.49. The first-order chi connectivity index (χ1) is 19.4. The molecule has 0 amide bonds. The second-order valence-corrected chi connectivity index (χ2v) is 10.2. The Kier molecular flexibility index (Phi) is 4.96. The highest BCUT2D eigenvalue weighted by Crippen LogP contribution is 2.38. The highest BCUT2D eigenvalue weighted by atomic mass is 15.1. The molecule has 7 aromatic rings. The smallest absolute Gasteiger partial charge is 0.246 e. The van der Waals surface area contributed by atoms with Crippen molar-refractivity contribution in [1.82, 2.24) is 4.57 Å². The molecule has 0 N–H and O–H groups in total. The fraction of sp³-hybridized carbons (Fsp3) is 0. The third kappa shape index (κ3) is 3.37. The standard InChI is InChI=1S/C36H25BN2/c1-4-13-26(14-5-1)37-32-24-23-29(38(27-15-6-2-7-16-27)28-17-8-3-9-18-28)25-35(32)39-34-22-11-10-19-30(34)31-20-12-21-33(37)36(31)39/h1-25H. The molecule has 39 heavy (non-hydrogen) atoms. The zero-order chi connectivity index (χ0) is 25.8. The van der Waals surface area contributed by atoms with Crippen molar-refractivity contribution in [1.29, 1.82) is 0 Å². The topological polar surface area (TPSA) is 8.17 Å². The van der Waals surface area contributed by atoms with Crippen molar-refractivity contribution in [2.45, 2.75) is 0 Å². The van der Waals surface area contributed by atoms with Gasteiger partial charge in [-0.05, 0) is 53.4 Å². The summed E-state index contributed by atoms with van der Waals surface area (Å²) in [5.41, 5.74) is 11.2. The third-order valence-corrected chi connectivity index (χ3v) is 8.02. The van der Waals surface area contributed by atoms with Crippen molar-refractivity contribution in [2.24, 2.45) is 0 Å². The van der Waals surface area contributed by atoms with E-state index in [1.54, 1.807) is 0 Å². The highest BCUT2D eigenvalue weighted by Gasteiger charge is 2.33. The van der Waals surface area contributed by atoms with Crippen LogP contribution in [0, 0.1) is 0 Å². The highest BCUT2D eigenvalue weighted by molar-refractivity contribution is 6.98. The zero-order valence-corrected chi connectivity index (χ0v) is 21.4. The van der Waals surface area contributed by atoms with Crippen molar-refractivity contribution in [3.8, 4) is 5.69 Å². The van der Waals surface area contributed by atoms with Gasteiger partial charge in [0.2, 0.25) is 6.71 Å². The van der Waals surface area contributed by atoms with Crippen molar-refractivity contribution in [3.05, 3.63) is 152 Å². The summed E-state index contributed by atoms with van der Waals surface area (Å²) in [6.07, 6.45) is 0. The third-order valence-electron chi connectivity index (χ3n) is 8.02. The van der Waals surface area contributed by atoms with Gasteiger partial charge in [0.15, 0.2) is 0 Å². The molecule has 0 atom stereocenters. The summed E-state index contributed by atoms with van der Waals surface area (Å²) in [6.45, 7) is 0.165. The molecular formula is C36H25BN2. The first-order valence-corrected chi connectivity index (χ1v) is 13.5. The predicted molar refractivity (Wildman–Crippen MR) is 167 cm³/mol. The van der Waals surface area contributed by atoms with E-state index >= 15 is 0 Å². The first kappa shape index (κ1) is 22.0. The van der Waals surface area contributed by atoms with Gasteiger partial charge in [0.1, 0.15) is 0 Å². The van der Waals surface area contributed by atoms with E-state index in [0.717, 1.165) is 17.1 Å². The van der Waals surface area contributed by atoms with E-state index in [0.29, 0.717) is 0 Å². The Hall–Kier alpha value is -5.02. The van der Waals surface area contributed by atoms with Crippen molar-refractivity contribution in [3.63, 3.8) is 0 Å². The number of hydrogen-bond acceptors (Lipinski definition) is 1. The van der Waals surface area contributed by atoms with Gasteiger partial charge in [-0.1, -0.05) is 115 Å². The molecule has 182 valence electrons. The summed E-state index contributed by atoms with van der Waals surface area (Å²) in [7, 11) is 0. The number of nitrogens with zero attached hydrogens (tertiary/aromatic N) is 2. The lowest BCUT2D eigenvalue weighted by atomic mass is 9.35. The SMILES string of the molecule is c1ccc(B2c3ccc(N(c4ccccc4)c4ccccc4)cc3-n3c4ccccc4c4cccc2c43)cc1. The number of aromatic nitrogens is 1. The van der Waals surface area contributed by atoms with E-state index < -0.39 is 0 Å². The lowest BCUT2D eigenvalue weighted by Crippen LogP contribution is -2.55. The predicted octanol–water partition coefficient (Wildman–Crippen LogP) is 7.08. The molecule has 0 fully saturated rings. The van der Waals surface area contributed by atoms with Gasteiger partial charge in [0.25, 0.3) is 0 Å². The van der Waals surface area contributed by atoms with Gasteiger partial charge >= 0.3 is 0 Å². The second kappa shape index (κ2) is 8.78. The molecule has 2 nitrogen and oxygen atoms in total. The molecule has 0 radical (unpaired) electrons. The molecule has 0 saturated carbocycles. The van der Waals surface area contributed by atoms with Crippen LogP contribution in [0.1, 0.15) is 0 Å². The number of anilines is 3. The lowest BCUT2D eigenvalue weighted by Gasteiger charge is -2.30. The molecule has 1 aliphatic heterocycles. The molecule has 0 aliphatic carbocycles. The summed E-state index contributed by atoms with van der Waals surface area (Å²) in [6, 6.07) is 54.8. The number of fused-ring (bicyclic) bond motifs is 5. The number of hydrogen-bond donors (Lipinski definition) is 0. The van der Waals surface area contributed by atoms with Crippen LogP contribution in [0.2, 0.25) is 0 Å². The minimum atomic E-state index is 0.165. The van der Waals surface area contributed by atoms with Crippen LogP contribution in [0.3, 0.4) is 0 Å². The van der Waals surface area contributed by atoms with Gasteiger partial charge in [0, 0.05) is 39.0 Å². The Balaban J connectivity index is 1.46. The van der Waals surface area contributed by atoms with Crippen LogP contribution in [0.15, 0.2) is 152 Å². The quantitative estimate of drug-likeness (QED) is 0.236. The van der Waals surface area contributed by atoms with Gasteiger partial charge in [0.05, 0.1) is 5.52 Å². The first-order valence-electron chi connectivity index (χ1n) is 13.5. The average molecular weight is 496 g/mol. The van der Waals surface area contributed by atoms with Crippen molar-refractivity contribution >= 4 is 62.0 Å². The van der Waals surface area contributed by atoms with Gasteiger partial charge in [-0.25, -0.2) is 0 Å². The fourth-order valence-corrected chi connectivity index (χ4v) is 6.41.